The van der Waals surface area contributed by atoms with Gasteiger partial charge in [-0.2, -0.15) is 0 Å². The summed E-state index contributed by atoms with van der Waals surface area (Å²) in [5.74, 6) is 0.689. The lowest BCUT2D eigenvalue weighted by molar-refractivity contribution is -0.111. The van der Waals surface area contributed by atoms with Crippen molar-refractivity contribution in [3.8, 4) is 5.75 Å². The van der Waals surface area contributed by atoms with Gasteiger partial charge in [-0.15, -0.1) is 0 Å². The summed E-state index contributed by atoms with van der Waals surface area (Å²) >= 11 is 12.7. The molecule has 2 atom stereocenters. The van der Waals surface area contributed by atoms with Crippen LogP contribution < -0.4 is 9.88 Å². The topological polar surface area (TPSA) is 116 Å². The second kappa shape index (κ2) is 11.4. The first-order valence-corrected chi connectivity index (χ1v) is 13.6. The van der Waals surface area contributed by atoms with E-state index in [0.717, 1.165) is 18.4 Å². The number of amides is 2. The maximum atomic E-state index is 12.8. The molecule has 11 heteroatoms. The number of carbonyl (C=O) groups is 1. The first-order valence-electron chi connectivity index (χ1n) is 11.7. The fourth-order valence-corrected chi connectivity index (χ4v) is 5.51. The highest BCUT2D eigenvalue weighted by molar-refractivity contribution is 7.84. The second-order valence-corrected chi connectivity index (χ2v) is 12.6. The van der Waals surface area contributed by atoms with Crippen molar-refractivity contribution in [3.63, 3.8) is 0 Å². The van der Waals surface area contributed by atoms with Crippen molar-refractivity contribution in [1.29, 1.82) is 0 Å². The Morgan fingerprint density at radius 1 is 1.31 bits per heavy atom. The van der Waals surface area contributed by atoms with E-state index in [0.29, 0.717) is 41.9 Å². The molecule has 0 bridgehead atoms. The number of aliphatic hydroxyl groups is 2. The largest absolute Gasteiger partial charge is 0.489 e. The summed E-state index contributed by atoms with van der Waals surface area (Å²) in [6.07, 6.45) is 3.64. The maximum absolute atomic E-state index is 12.8. The quantitative estimate of drug-likeness (QED) is 0.410. The Hall–Kier alpha value is -1.36. The minimum absolute atomic E-state index is 0.0761. The van der Waals surface area contributed by atoms with Crippen molar-refractivity contribution in [2.45, 2.75) is 49.4 Å². The Bertz CT molecular complexity index is 963. The maximum Gasteiger partial charge on any atom is 0.320 e. The van der Waals surface area contributed by atoms with Crippen molar-refractivity contribution in [1.82, 2.24) is 9.80 Å². The molecule has 2 saturated heterocycles. The molecule has 1 aromatic carbocycles. The predicted octanol–water partition coefficient (Wildman–Crippen LogP) is 3.30. The van der Waals surface area contributed by atoms with Gasteiger partial charge in [0.05, 0.1) is 45.5 Å². The smallest absolute Gasteiger partial charge is 0.320 e. The van der Waals surface area contributed by atoms with Crippen LogP contribution in [-0.4, -0.2) is 80.0 Å². The number of ether oxygens (including phenoxy) is 1. The van der Waals surface area contributed by atoms with Gasteiger partial charge in [0, 0.05) is 19.2 Å². The summed E-state index contributed by atoms with van der Waals surface area (Å²) < 4.78 is 17.6. The standard InChI is InChI=1S/C24H35Cl2N3O5S/c1-4-9-34-21-11-20(26)19(25)10-17(21)18(12-23(2,3)35(27)33)16-5-7-28(8-6-16)22(31)29-13-24(32,14-29)15-30/h4,10-11,16,18,30,32H,1,5-9,12-15,27H2,2-3H3/t18-,35?/m1/s1. The third-order valence-corrected chi connectivity index (χ3v) is 8.96. The Morgan fingerprint density at radius 3 is 2.46 bits per heavy atom. The van der Waals surface area contributed by atoms with Gasteiger partial charge in [0.25, 0.3) is 0 Å². The molecule has 2 aliphatic rings. The number of rotatable bonds is 9. The summed E-state index contributed by atoms with van der Waals surface area (Å²) in [5, 5.41) is 25.9. The van der Waals surface area contributed by atoms with E-state index in [2.05, 4.69) is 6.58 Å². The van der Waals surface area contributed by atoms with E-state index < -0.39 is 21.3 Å². The van der Waals surface area contributed by atoms with Gasteiger partial charge in [0.15, 0.2) is 0 Å². The predicted molar refractivity (Wildman–Crippen MR) is 139 cm³/mol. The van der Waals surface area contributed by atoms with E-state index >= 15 is 0 Å². The number of β-amino-alcohol motifs (C(OH)–C–C–N with tert-alkyl or cyclic N) is 1. The second-order valence-electron chi connectivity index (χ2n) is 10.1. The third-order valence-electron chi connectivity index (χ3n) is 6.98. The van der Waals surface area contributed by atoms with Crippen molar-refractivity contribution < 1.29 is 24.0 Å². The molecule has 1 aromatic rings. The number of urea groups is 1. The number of likely N-dealkylation sites (tertiary alicyclic amines) is 2. The molecule has 3 rings (SSSR count). The minimum atomic E-state index is -1.55. The van der Waals surface area contributed by atoms with Crippen LogP contribution in [0.25, 0.3) is 0 Å². The van der Waals surface area contributed by atoms with E-state index in [1.54, 1.807) is 21.9 Å². The van der Waals surface area contributed by atoms with Gasteiger partial charge in [-0.25, -0.2) is 9.00 Å². The number of hydrogen-bond acceptors (Lipinski definition) is 5. The normalized spacial score (nSPS) is 20.2. The van der Waals surface area contributed by atoms with Crippen LogP contribution in [0.1, 0.15) is 44.6 Å². The molecule has 2 heterocycles. The molecule has 0 spiro atoms. The van der Waals surface area contributed by atoms with Gasteiger partial charge in [-0.05, 0) is 56.6 Å². The minimum Gasteiger partial charge on any atom is -0.489 e. The zero-order valence-electron chi connectivity index (χ0n) is 20.2. The number of nitrogens with two attached hydrogens (primary N) is 1. The van der Waals surface area contributed by atoms with E-state index in [9.17, 15) is 19.2 Å². The molecular formula is C24H35Cl2N3O5S. The van der Waals surface area contributed by atoms with Crippen LogP contribution in [0, 0.1) is 5.92 Å². The van der Waals surface area contributed by atoms with Gasteiger partial charge in [-0.3, -0.25) is 5.14 Å². The highest BCUT2D eigenvalue weighted by Gasteiger charge is 2.45. The van der Waals surface area contributed by atoms with Crippen LogP contribution in [0.5, 0.6) is 5.75 Å². The van der Waals surface area contributed by atoms with Crippen LogP contribution in [-0.2, 0) is 11.0 Å². The highest BCUT2D eigenvalue weighted by atomic mass is 35.5. The first kappa shape index (κ1) is 28.2. The van der Waals surface area contributed by atoms with Crippen LogP contribution in [0.3, 0.4) is 0 Å². The van der Waals surface area contributed by atoms with Crippen molar-refractivity contribution in [3.05, 3.63) is 40.4 Å². The zero-order valence-corrected chi connectivity index (χ0v) is 22.5. The molecular weight excluding hydrogens is 513 g/mol. The van der Waals surface area contributed by atoms with Crippen LogP contribution in [0.4, 0.5) is 4.79 Å². The van der Waals surface area contributed by atoms with Gasteiger partial charge in [0.2, 0.25) is 0 Å². The summed E-state index contributed by atoms with van der Waals surface area (Å²) in [4.78, 5) is 16.2. The summed E-state index contributed by atoms with van der Waals surface area (Å²) in [6.45, 7) is 8.77. The number of halogens is 2. The summed E-state index contributed by atoms with van der Waals surface area (Å²) in [6, 6.07) is 3.38. The number of aliphatic hydroxyl groups excluding tert-OH is 1. The lowest BCUT2D eigenvalue weighted by Crippen LogP contribution is -2.67. The van der Waals surface area contributed by atoms with Crippen LogP contribution in [0.15, 0.2) is 24.8 Å². The lowest BCUT2D eigenvalue weighted by atomic mass is 9.75. The number of benzene rings is 1. The fraction of sp³-hybridized carbons (Fsp3) is 0.625. The molecule has 0 saturated carbocycles. The van der Waals surface area contributed by atoms with Crippen molar-refractivity contribution >= 4 is 40.2 Å². The van der Waals surface area contributed by atoms with Crippen molar-refractivity contribution in [2.75, 3.05) is 39.4 Å². The Balaban J connectivity index is 1.82. The highest BCUT2D eigenvalue weighted by Crippen LogP contribution is 2.45. The summed E-state index contributed by atoms with van der Waals surface area (Å²) in [5.41, 5.74) is -0.321. The molecule has 2 fully saturated rings. The first-order chi connectivity index (χ1) is 16.4. The Kier molecular flexibility index (Phi) is 9.16. The molecule has 2 aliphatic heterocycles. The van der Waals surface area contributed by atoms with E-state index in [-0.39, 0.29) is 37.6 Å². The third kappa shape index (κ3) is 6.50. The fourth-order valence-electron chi connectivity index (χ4n) is 4.84. The molecule has 196 valence electrons. The average Bonchev–Trinajstić information content (AvgIpc) is 2.80. The molecule has 0 aliphatic carbocycles. The van der Waals surface area contributed by atoms with Gasteiger partial charge in [-0.1, -0.05) is 35.9 Å². The number of nitrogens with zero attached hydrogens (tertiary/aromatic N) is 2. The Labute approximate surface area is 219 Å². The summed E-state index contributed by atoms with van der Waals surface area (Å²) in [7, 11) is -1.55. The zero-order chi connectivity index (χ0) is 26.0. The van der Waals surface area contributed by atoms with E-state index in [4.69, 9.17) is 33.1 Å². The SMILES string of the molecule is C=CCOc1cc(Cl)c(Cl)cc1[C@H](CC(C)(C)S(N)=O)C1CCN(C(=O)N2CC(O)(CO)C2)CC1. The Morgan fingerprint density at radius 2 is 1.91 bits per heavy atom. The van der Waals surface area contributed by atoms with Crippen LogP contribution in [0.2, 0.25) is 10.0 Å². The number of hydrogen-bond donors (Lipinski definition) is 3. The molecule has 8 nitrogen and oxygen atoms in total. The molecule has 0 aromatic heterocycles. The number of piperidine rings is 1. The molecule has 2 amide bonds. The van der Waals surface area contributed by atoms with E-state index in [1.165, 1.54) is 0 Å². The van der Waals surface area contributed by atoms with Gasteiger partial charge in [0.1, 0.15) is 18.0 Å². The van der Waals surface area contributed by atoms with Crippen molar-refractivity contribution in [2.24, 2.45) is 11.1 Å². The molecule has 0 radical (unpaired) electrons. The van der Waals surface area contributed by atoms with Gasteiger partial charge >= 0.3 is 6.03 Å². The van der Waals surface area contributed by atoms with Crippen LogP contribution >= 0.6 is 23.2 Å². The monoisotopic (exact) mass is 547 g/mol. The average molecular weight is 549 g/mol. The van der Waals surface area contributed by atoms with Gasteiger partial charge < -0.3 is 24.7 Å². The van der Waals surface area contributed by atoms with E-state index in [1.807, 2.05) is 19.9 Å². The lowest BCUT2D eigenvalue weighted by Gasteiger charge is -2.48. The number of carbonyl (C=O) groups excluding carboxylic acids is 1. The molecule has 4 N–H and O–H groups in total. The molecule has 1 unspecified atom stereocenters. The molecule has 35 heavy (non-hydrogen) atoms.